The second-order valence-corrected chi connectivity index (χ2v) is 8.60. The van der Waals surface area contributed by atoms with Gasteiger partial charge in [-0.15, -0.1) is 0 Å². The van der Waals surface area contributed by atoms with Gasteiger partial charge in [-0.2, -0.15) is 0 Å². The molecule has 0 fully saturated rings. The maximum Gasteiger partial charge on any atom is 0.140 e. The first kappa shape index (κ1) is 23.0. The lowest BCUT2D eigenvalue weighted by molar-refractivity contribution is 0.241. The summed E-state index contributed by atoms with van der Waals surface area (Å²) in [4.78, 5) is 0. The summed E-state index contributed by atoms with van der Waals surface area (Å²) in [7, 11) is 0. The number of fused-ring (bicyclic) bond motifs is 1. The zero-order chi connectivity index (χ0) is 20.0. The van der Waals surface area contributed by atoms with Crippen molar-refractivity contribution < 1.29 is 4.39 Å². The Labute approximate surface area is 173 Å². The Morgan fingerprint density at radius 1 is 0.643 bits per heavy atom. The lowest BCUT2D eigenvalue weighted by Gasteiger charge is -2.26. The van der Waals surface area contributed by atoms with Crippen molar-refractivity contribution in [2.45, 2.75) is 122 Å². The van der Waals surface area contributed by atoms with Gasteiger partial charge in [0, 0.05) is 0 Å². The highest BCUT2D eigenvalue weighted by atomic mass is 19.1. The van der Waals surface area contributed by atoms with Gasteiger partial charge in [0.15, 0.2) is 0 Å². The normalized spacial score (nSPS) is 21.5. The van der Waals surface area contributed by atoms with Crippen LogP contribution < -0.4 is 10.6 Å². The van der Waals surface area contributed by atoms with Gasteiger partial charge in [-0.05, 0) is 25.0 Å². The summed E-state index contributed by atoms with van der Waals surface area (Å²) in [5.74, 6) is 0. The van der Waals surface area contributed by atoms with E-state index in [-0.39, 0.29) is 12.1 Å². The predicted molar refractivity (Wildman–Crippen MR) is 122 cm³/mol. The summed E-state index contributed by atoms with van der Waals surface area (Å²) in [5, 5.41) is 7.04. The van der Waals surface area contributed by atoms with Gasteiger partial charge >= 0.3 is 0 Å². The molecule has 160 valence electrons. The van der Waals surface area contributed by atoms with Crippen LogP contribution in [0, 0.1) is 0 Å². The molecule has 1 heterocycles. The summed E-state index contributed by atoms with van der Waals surface area (Å²) in [6.45, 7) is 4.50. The number of hydrogen-bond donors (Lipinski definition) is 2. The molecule has 0 spiro atoms. The SMILES string of the molecule is CCCCCCCCC1Nc2ccccc2NC(CCCCCCCC)C1F. The van der Waals surface area contributed by atoms with Gasteiger partial charge < -0.3 is 10.6 Å². The fourth-order valence-corrected chi connectivity index (χ4v) is 4.33. The van der Waals surface area contributed by atoms with E-state index in [9.17, 15) is 0 Å². The van der Waals surface area contributed by atoms with Crippen LogP contribution >= 0.6 is 0 Å². The number of benzene rings is 1. The quantitative estimate of drug-likeness (QED) is 0.313. The third-order valence-corrected chi connectivity index (χ3v) is 6.12. The molecular weight excluding hydrogens is 347 g/mol. The molecule has 1 aromatic rings. The van der Waals surface area contributed by atoms with Gasteiger partial charge in [0.05, 0.1) is 23.5 Å². The Morgan fingerprint density at radius 3 is 1.46 bits per heavy atom. The predicted octanol–water partition coefficient (Wildman–Crippen LogP) is 8.10. The summed E-state index contributed by atoms with van der Waals surface area (Å²) in [6.07, 6.45) is 16.1. The third kappa shape index (κ3) is 8.01. The van der Waals surface area contributed by atoms with Crippen molar-refractivity contribution >= 4 is 11.4 Å². The molecule has 1 aliphatic rings. The van der Waals surface area contributed by atoms with Gasteiger partial charge in [-0.1, -0.05) is 103 Å². The van der Waals surface area contributed by atoms with E-state index < -0.39 is 6.17 Å². The Bertz CT molecular complexity index is 474. The van der Waals surface area contributed by atoms with Gasteiger partial charge in [-0.25, -0.2) is 4.39 Å². The molecule has 2 rings (SSSR count). The fraction of sp³-hybridized carbons (Fsp3) is 0.760. The van der Waals surface area contributed by atoms with Gasteiger partial charge in [-0.3, -0.25) is 0 Å². The zero-order valence-electron chi connectivity index (χ0n) is 18.3. The molecule has 2 N–H and O–H groups in total. The van der Waals surface area contributed by atoms with Crippen molar-refractivity contribution in [1.82, 2.24) is 0 Å². The average molecular weight is 391 g/mol. The first-order chi connectivity index (χ1) is 13.8. The van der Waals surface area contributed by atoms with Crippen LogP contribution in [0.4, 0.5) is 15.8 Å². The minimum Gasteiger partial charge on any atom is -0.378 e. The highest BCUT2D eigenvalue weighted by molar-refractivity contribution is 5.70. The number of para-hydroxylation sites is 2. The lowest BCUT2D eigenvalue weighted by atomic mass is 9.95. The van der Waals surface area contributed by atoms with Crippen molar-refractivity contribution in [1.29, 1.82) is 0 Å². The van der Waals surface area contributed by atoms with Crippen LogP contribution in [-0.4, -0.2) is 18.3 Å². The summed E-state index contributed by atoms with van der Waals surface area (Å²) >= 11 is 0. The molecule has 28 heavy (non-hydrogen) atoms. The maximum absolute atomic E-state index is 15.5. The van der Waals surface area contributed by atoms with Crippen LogP contribution in [-0.2, 0) is 0 Å². The van der Waals surface area contributed by atoms with E-state index in [1.54, 1.807) is 0 Å². The van der Waals surface area contributed by atoms with E-state index in [0.717, 1.165) is 37.1 Å². The van der Waals surface area contributed by atoms with Crippen LogP contribution in [0.1, 0.15) is 104 Å². The fourth-order valence-electron chi connectivity index (χ4n) is 4.33. The molecule has 0 amide bonds. The molecule has 0 aliphatic carbocycles. The molecule has 0 radical (unpaired) electrons. The molecule has 0 saturated carbocycles. The second kappa shape index (κ2) is 13.8. The van der Waals surface area contributed by atoms with E-state index in [1.165, 1.54) is 64.2 Å². The smallest absolute Gasteiger partial charge is 0.140 e. The number of nitrogens with one attached hydrogen (secondary N) is 2. The molecule has 3 heteroatoms. The number of halogens is 1. The van der Waals surface area contributed by atoms with Gasteiger partial charge in [0.1, 0.15) is 6.17 Å². The Balaban J connectivity index is 1.87. The first-order valence-electron chi connectivity index (χ1n) is 12.0. The molecule has 0 saturated heterocycles. The molecule has 2 atom stereocenters. The van der Waals surface area contributed by atoms with Gasteiger partial charge in [0.25, 0.3) is 0 Å². The Kier molecular flexibility index (Phi) is 11.4. The number of anilines is 2. The largest absolute Gasteiger partial charge is 0.378 e. The molecule has 2 unspecified atom stereocenters. The van der Waals surface area contributed by atoms with Crippen molar-refractivity contribution in [3.8, 4) is 0 Å². The summed E-state index contributed by atoms with van der Waals surface area (Å²) in [6, 6.07) is 8.08. The number of alkyl halides is 1. The number of unbranched alkanes of at least 4 members (excludes halogenated alkanes) is 10. The first-order valence-corrected chi connectivity index (χ1v) is 12.0. The summed E-state index contributed by atoms with van der Waals surface area (Å²) in [5.41, 5.74) is 2.12. The topological polar surface area (TPSA) is 24.1 Å². The van der Waals surface area contributed by atoms with E-state index in [2.05, 4.69) is 36.6 Å². The monoisotopic (exact) mass is 390 g/mol. The Morgan fingerprint density at radius 2 is 1.04 bits per heavy atom. The maximum atomic E-state index is 15.5. The third-order valence-electron chi connectivity index (χ3n) is 6.12. The lowest BCUT2D eigenvalue weighted by Crippen LogP contribution is -2.40. The summed E-state index contributed by atoms with van der Waals surface area (Å²) < 4.78 is 15.5. The molecule has 0 bridgehead atoms. The van der Waals surface area contributed by atoms with Crippen molar-refractivity contribution in [2.75, 3.05) is 10.6 Å². The minimum absolute atomic E-state index is 0.0765. The van der Waals surface area contributed by atoms with Crippen LogP contribution in [0.25, 0.3) is 0 Å². The molecule has 1 aromatic carbocycles. The molecule has 0 aromatic heterocycles. The van der Waals surface area contributed by atoms with E-state index >= 15 is 4.39 Å². The Hall–Kier alpha value is -1.25. The molecule has 1 aliphatic heterocycles. The van der Waals surface area contributed by atoms with Crippen LogP contribution in [0.5, 0.6) is 0 Å². The van der Waals surface area contributed by atoms with E-state index in [4.69, 9.17) is 0 Å². The van der Waals surface area contributed by atoms with E-state index in [1.807, 2.05) is 12.1 Å². The highest BCUT2D eigenvalue weighted by Crippen LogP contribution is 2.32. The van der Waals surface area contributed by atoms with Crippen molar-refractivity contribution in [3.63, 3.8) is 0 Å². The number of hydrogen-bond acceptors (Lipinski definition) is 2. The van der Waals surface area contributed by atoms with Crippen LogP contribution in [0.15, 0.2) is 24.3 Å². The van der Waals surface area contributed by atoms with Gasteiger partial charge in [0.2, 0.25) is 0 Å². The average Bonchev–Trinajstić information content (AvgIpc) is 2.84. The molecule has 2 nitrogen and oxygen atoms in total. The minimum atomic E-state index is -0.835. The van der Waals surface area contributed by atoms with E-state index in [0.29, 0.717) is 0 Å². The highest BCUT2D eigenvalue weighted by Gasteiger charge is 2.32. The standard InChI is InChI=1S/C25H43FN2/c1-3-5-7-9-11-13-19-23-25(26)24(20-14-12-10-8-6-4-2)28-22-18-16-15-17-21(22)27-23/h15-18,23-25,27-28H,3-14,19-20H2,1-2H3. The zero-order valence-corrected chi connectivity index (χ0v) is 18.3. The van der Waals surface area contributed by atoms with Crippen LogP contribution in [0.2, 0.25) is 0 Å². The van der Waals surface area contributed by atoms with Crippen LogP contribution in [0.3, 0.4) is 0 Å². The second-order valence-electron chi connectivity index (χ2n) is 8.60. The van der Waals surface area contributed by atoms with Crippen molar-refractivity contribution in [3.05, 3.63) is 24.3 Å². The van der Waals surface area contributed by atoms with Crippen molar-refractivity contribution in [2.24, 2.45) is 0 Å². The molecular formula is C25H43FN2. The number of rotatable bonds is 14.